The average Bonchev–Trinajstić information content (AvgIpc) is 2.69. The molecule has 0 heterocycles. The van der Waals surface area contributed by atoms with Crippen molar-refractivity contribution < 1.29 is 9.53 Å². The van der Waals surface area contributed by atoms with Crippen molar-refractivity contribution in [3.63, 3.8) is 0 Å². The van der Waals surface area contributed by atoms with Crippen LogP contribution in [0, 0.1) is 5.41 Å². The maximum atomic E-state index is 12.2. The minimum Gasteiger partial charge on any atom is -0.481 e. The van der Waals surface area contributed by atoms with Crippen molar-refractivity contribution in [1.29, 1.82) is 0 Å². The van der Waals surface area contributed by atoms with Gasteiger partial charge in [0.15, 0.2) is 6.61 Å². The highest BCUT2D eigenvalue weighted by Crippen LogP contribution is 2.42. The van der Waals surface area contributed by atoms with E-state index in [0.717, 1.165) is 20.9 Å². The lowest BCUT2D eigenvalue weighted by Crippen LogP contribution is -2.26. The summed E-state index contributed by atoms with van der Waals surface area (Å²) in [5, 5.41) is 4.10. The van der Waals surface area contributed by atoms with Gasteiger partial charge in [0.1, 0.15) is 5.75 Å². The van der Waals surface area contributed by atoms with Crippen LogP contribution in [0.5, 0.6) is 5.75 Å². The number of hydrogen-bond acceptors (Lipinski definition) is 3. The summed E-state index contributed by atoms with van der Waals surface area (Å²) < 4.78 is 7.38. The van der Waals surface area contributed by atoms with Crippen LogP contribution in [-0.2, 0) is 10.2 Å². The molecule has 0 aliphatic rings. The van der Waals surface area contributed by atoms with Gasteiger partial charge in [-0.3, -0.25) is 4.79 Å². The van der Waals surface area contributed by atoms with Crippen LogP contribution in [0.4, 0.5) is 0 Å². The largest absolute Gasteiger partial charge is 0.481 e. The zero-order valence-electron chi connectivity index (χ0n) is 19.6. The Balaban J connectivity index is 1.98. The molecule has 0 radical (unpaired) electrons. The van der Waals surface area contributed by atoms with E-state index < -0.39 is 0 Å². The van der Waals surface area contributed by atoms with Crippen LogP contribution in [0.1, 0.15) is 59.1 Å². The molecule has 0 aliphatic carbocycles. The predicted molar refractivity (Wildman–Crippen MR) is 141 cm³/mol. The number of hydrogen-bond donors (Lipinski definition) is 1. The molecule has 1 N–H and O–H groups in total. The number of hydrazone groups is 1. The van der Waals surface area contributed by atoms with E-state index >= 15 is 0 Å². The Morgan fingerprint density at radius 2 is 1.66 bits per heavy atom. The smallest absolute Gasteiger partial charge is 0.277 e. The highest BCUT2D eigenvalue weighted by atomic mass is 79.9. The van der Waals surface area contributed by atoms with Crippen molar-refractivity contribution in [2.24, 2.45) is 10.5 Å². The second kappa shape index (κ2) is 11.3. The van der Waals surface area contributed by atoms with E-state index in [4.69, 9.17) is 4.74 Å². The van der Waals surface area contributed by atoms with Crippen molar-refractivity contribution in [2.75, 3.05) is 6.61 Å². The Bertz CT molecular complexity index is 968. The number of ether oxygens (including phenoxy) is 1. The van der Waals surface area contributed by atoms with Crippen LogP contribution in [0.3, 0.4) is 0 Å². The number of carbonyl (C=O) groups is 1. The summed E-state index contributed by atoms with van der Waals surface area (Å²) in [6.07, 6.45) is 4.83. The maximum Gasteiger partial charge on any atom is 0.277 e. The van der Waals surface area contributed by atoms with Crippen LogP contribution in [0.25, 0.3) is 6.08 Å². The molecule has 1 amide bonds. The fourth-order valence-electron chi connectivity index (χ4n) is 3.66. The van der Waals surface area contributed by atoms with Crippen molar-refractivity contribution in [1.82, 2.24) is 5.43 Å². The number of nitrogens with zero attached hydrogens (tertiary/aromatic N) is 1. The summed E-state index contributed by atoms with van der Waals surface area (Å²) in [6.45, 7) is 12.9. The Kier molecular flexibility index (Phi) is 9.28. The van der Waals surface area contributed by atoms with Gasteiger partial charge in [-0.25, -0.2) is 5.43 Å². The first-order chi connectivity index (χ1) is 14.9. The molecule has 2 aromatic rings. The van der Waals surface area contributed by atoms with Crippen LogP contribution >= 0.6 is 31.9 Å². The first-order valence-corrected chi connectivity index (χ1v) is 12.1. The lowest BCUT2D eigenvalue weighted by molar-refractivity contribution is -0.123. The summed E-state index contributed by atoms with van der Waals surface area (Å²) in [7, 11) is 0. The molecular weight excluding hydrogens is 532 g/mol. The topological polar surface area (TPSA) is 50.7 Å². The van der Waals surface area contributed by atoms with Crippen LogP contribution < -0.4 is 10.2 Å². The van der Waals surface area contributed by atoms with E-state index in [1.54, 1.807) is 0 Å². The second-order valence-electron chi connectivity index (χ2n) is 9.71. The van der Waals surface area contributed by atoms with E-state index in [1.807, 2.05) is 49.4 Å². The number of allylic oxidation sites excluding steroid dienone is 1. The van der Waals surface area contributed by atoms with Crippen molar-refractivity contribution in [3.8, 4) is 5.75 Å². The van der Waals surface area contributed by atoms with E-state index in [1.165, 1.54) is 5.56 Å². The van der Waals surface area contributed by atoms with E-state index in [2.05, 4.69) is 89.1 Å². The minimum atomic E-state index is -0.326. The van der Waals surface area contributed by atoms with Crippen molar-refractivity contribution in [3.05, 3.63) is 68.6 Å². The molecule has 2 rings (SSSR count). The summed E-state index contributed by atoms with van der Waals surface area (Å²) in [4.78, 5) is 12.2. The average molecular weight is 564 g/mol. The summed E-state index contributed by atoms with van der Waals surface area (Å²) >= 11 is 7.20. The third-order valence-electron chi connectivity index (χ3n) is 4.77. The van der Waals surface area contributed by atoms with Gasteiger partial charge in [0, 0.05) is 0 Å². The van der Waals surface area contributed by atoms with Gasteiger partial charge in [-0.2, -0.15) is 5.10 Å². The van der Waals surface area contributed by atoms with E-state index in [0.29, 0.717) is 11.5 Å². The highest BCUT2D eigenvalue weighted by molar-refractivity contribution is 9.11. The van der Waals surface area contributed by atoms with Crippen LogP contribution in [-0.4, -0.2) is 18.2 Å². The summed E-state index contributed by atoms with van der Waals surface area (Å²) in [5.74, 6) is 0.272. The molecule has 6 heteroatoms. The molecule has 0 unspecified atom stereocenters. The Labute approximate surface area is 208 Å². The second-order valence-corrected chi connectivity index (χ2v) is 11.4. The molecule has 0 saturated carbocycles. The zero-order valence-corrected chi connectivity index (χ0v) is 22.8. The lowest BCUT2D eigenvalue weighted by atomic mass is 9.72. The van der Waals surface area contributed by atoms with Crippen molar-refractivity contribution in [2.45, 2.75) is 53.4 Å². The zero-order chi connectivity index (χ0) is 23.9. The number of amides is 1. The van der Waals surface area contributed by atoms with Gasteiger partial charge in [0.2, 0.25) is 0 Å². The molecule has 0 bridgehead atoms. The Hall–Kier alpha value is -1.92. The molecule has 0 atom stereocenters. The number of rotatable bonds is 8. The van der Waals surface area contributed by atoms with Crippen molar-refractivity contribution >= 4 is 49.6 Å². The molecule has 32 heavy (non-hydrogen) atoms. The van der Waals surface area contributed by atoms with Gasteiger partial charge in [-0.05, 0) is 85.4 Å². The number of carbonyl (C=O) groups excluding carboxylic acids is 1. The molecule has 0 aliphatic heterocycles. The third kappa shape index (κ3) is 8.55. The Morgan fingerprint density at radius 1 is 1.06 bits per heavy atom. The van der Waals surface area contributed by atoms with Gasteiger partial charge in [-0.15, -0.1) is 0 Å². The molecule has 0 aromatic heterocycles. The monoisotopic (exact) mass is 562 g/mol. The van der Waals surface area contributed by atoms with Crippen LogP contribution in [0.2, 0.25) is 0 Å². The number of halogens is 2. The lowest BCUT2D eigenvalue weighted by Gasteiger charge is -2.33. The van der Waals surface area contributed by atoms with E-state index in [-0.39, 0.29) is 23.3 Å². The van der Waals surface area contributed by atoms with E-state index in [9.17, 15) is 4.79 Å². The Morgan fingerprint density at radius 3 is 2.22 bits per heavy atom. The van der Waals surface area contributed by atoms with Gasteiger partial charge in [0.05, 0.1) is 14.7 Å². The first kappa shape index (κ1) is 26.3. The minimum absolute atomic E-state index is 0.00129. The number of nitrogens with one attached hydrogen (secondary N) is 1. The maximum absolute atomic E-state index is 12.2. The number of benzene rings is 2. The quantitative estimate of drug-likeness (QED) is 0.267. The molecule has 0 spiro atoms. The first-order valence-electron chi connectivity index (χ1n) is 10.6. The normalized spacial score (nSPS) is 12.8. The van der Waals surface area contributed by atoms with Gasteiger partial charge in [-0.1, -0.05) is 71.0 Å². The fraction of sp³-hybridized carbons (Fsp3) is 0.385. The summed E-state index contributed by atoms with van der Waals surface area (Å²) in [6, 6.07) is 14.1. The summed E-state index contributed by atoms with van der Waals surface area (Å²) in [5.41, 5.74) is 5.71. The molecular formula is C26H32Br2N2O2. The molecule has 0 saturated heterocycles. The van der Waals surface area contributed by atoms with Gasteiger partial charge in [0.25, 0.3) is 5.91 Å². The molecule has 0 fully saturated rings. The highest BCUT2D eigenvalue weighted by Gasteiger charge is 2.28. The molecule has 4 nitrogen and oxygen atoms in total. The van der Waals surface area contributed by atoms with Gasteiger partial charge >= 0.3 is 0 Å². The third-order valence-corrected chi connectivity index (χ3v) is 5.95. The SMILES string of the molecule is CC(/C=C/c1ccccc1)=N\NC(=O)COc1c(Br)cc(C(C)(C)CC(C)(C)C)cc1Br. The molecule has 172 valence electrons. The standard InChI is InChI=1S/C26H32Br2N2O2/c1-18(12-13-19-10-8-7-9-11-19)29-30-23(31)16-32-24-21(27)14-20(15-22(24)28)26(5,6)17-25(2,3)4/h7-15H,16-17H2,1-6H3,(H,30,31)/b13-12+,29-18+. The van der Waals surface area contributed by atoms with Crippen LogP contribution in [0.15, 0.2) is 62.6 Å². The predicted octanol–water partition coefficient (Wildman–Crippen LogP) is 7.51. The fourth-order valence-corrected chi connectivity index (χ4v) is 5.07. The molecule has 2 aromatic carbocycles. The van der Waals surface area contributed by atoms with Gasteiger partial charge < -0.3 is 4.74 Å².